The molecular formula is C10H16N2O3. The van der Waals surface area contributed by atoms with Gasteiger partial charge in [0.1, 0.15) is 0 Å². The van der Waals surface area contributed by atoms with E-state index >= 15 is 0 Å². The minimum Gasteiger partial charge on any atom is -0.348 e. The summed E-state index contributed by atoms with van der Waals surface area (Å²) in [7, 11) is 0. The Morgan fingerprint density at radius 2 is 2.13 bits per heavy atom. The van der Waals surface area contributed by atoms with E-state index in [0.29, 0.717) is 19.3 Å². The van der Waals surface area contributed by atoms with Gasteiger partial charge in [0.15, 0.2) is 0 Å². The first kappa shape index (κ1) is 13.4. The van der Waals surface area contributed by atoms with Gasteiger partial charge >= 0.3 is 0 Å². The molecule has 2 amide bonds. The minimum absolute atomic E-state index is 0.241. The molecule has 0 bridgehead atoms. The van der Waals surface area contributed by atoms with Gasteiger partial charge in [-0.3, -0.25) is 14.4 Å². The van der Waals surface area contributed by atoms with Gasteiger partial charge in [0.05, 0.1) is 6.04 Å². The van der Waals surface area contributed by atoms with Crippen molar-refractivity contribution in [1.29, 1.82) is 0 Å². The molecule has 0 spiro atoms. The second-order valence-electron chi connectivity index (χ2n) is 2.99. The van der Waals surface area contributed by atoms with E-state index in [1.165, 1.54) is 6.08 Å². The lowest BCUT2D eigenvalue weighted by Gasteiger charge is -2.12. The molecule has 0 aromatic heterocycles. The Hall–Kier alpha value is -1.65. The number of hydrogen-bond acceptors (Lipinski definition) is 3. The molecule has 2 N–H and O–H groups in total. The number of carbonyl (C=O) groups excluding carboxylic acids is 3. The molecule has 0 heterocycles. The molecule has 84 valence electrons. The van der Waals surface area contributed by atoms with Crippen LogP contribution in [0.5, 0.6) is 0 Å². The van der Waals surface area contributed by atoms with E-state index in [4.69, 9.17) is 0 Å². The number of nitrogens with one attached hydrogen (secondary N) is 2. The Kier molecular flexibility index (Phi) is 6.88. The number of carbonyl (C=O) groups is 3. The maximum absolute atomic E-state index is 11.5. The summed E-state index contributed by atoms with van der Waals surface area (Å²) in [6.07, 6.45) is 3.08. The molecule has 5 nitrogen and oxygen atoms in total. The largest absolute Gasteiger partial charge is 0.348 e. The van der Waals surface area contributed by atoms with Crippen LogP contribution >= 0.6 is 0 Å². The maximum atomic E-state index is 11.5. The molecular weight excluding hydrogens is 196 g/mol. The number of rotatable bonds is 8. The summed E-state index contributed by atoms with van der Waals surface area (Å²) in [6, 6.07) is -0.725. The summed E-state index contributed by atoms with van der Waals surface area (Å²) in [5.74, 6) is -1.31. The molecule has 0 radical (unpaired) electrons. The van der Waals surface area contributed by atoms with Gasteiger partial charge in [-0.15, -0.1) is 6.58 Å². The summed E-state index contributed by atoms with van der Waals surface area (Å²) in [6.45, 7) is 5.52. The van der Waals surface area contributed by atoms with Crippen molar-refractivity contribution in [2.45, 2.75) is 25.8 Å². The first-order chi connectivity index (χ1) is 7.17. The van der Waals surface area contributed by atoms with Crippen molar-refractivity contribution in [1.82, 2.24) is 10.6 Å². The monoisotopic (exact) mass is 212 g/mol. The molecule has 0 aliphatic carbocycles. The summed E-state index contributed by atoms with van der Waals surface area (Å²) >= 11 is 0. The highest BCUT2D eigenvalue weighted by atomic mass is 16.2. The van der Waals surface area contributed by atoms with Crippen LogP contribution in [0.25, 0.3) is 0 Å². The van der Waals surface area contributed by atoms with Crippen LogP contribution in [0.1, 0.15) is 19.8 Å². The molecule has 0 aromatic carbocycles. The molecule has 1 atom stereocenters. The molecule has 15 heavy (non-hydrogen) atoms. The molecule has 0 saturated carbocycles. The van der Waals surface area contributed by atoms with Crippen molar-refractivity contribution in [3.05, 3.63) is 12.7 Å². The van der Waals surface area contributed by atoms with Crippen LogP contribution < -0.4 is 10.6 Å². The van der Waals surface area contributed by atoms with Crippen molar-refractivity contribution in [3.63, 3.8) is 0 Å². The number of hydrogen-bond donors (Lipinski definition) is 2. The second kappa shape index (κ2) is 7.73. The molecule has 0 aliphatic heterocycles. The fourth-order valence-electron chi connectivity index (χ4n) is 1.07. The predicted molar refractivity (Wildman–Crippen MR) is 56.1 cm³/mol. The Morgan fingerprint density at radius 1 is 1.47 bits per heavy atom. The van der Waals surface area contributed by atoms with Crippen molar-refractivity contribution in [2.24, 2.45) is 0 Å². The average Bonchev–Trinajstić information content (AvgIpc) is 2.24. The molecule has 0 aromatic rings. The zero-order valence-electron chi connectivity index (χ0n) is 8.79. The lowest BCUT2D eigenvalue weighted by atomic mass is 10.1. The van der Waals surface area contributed by atoms with Gasteiger partial charge in [-0.2, -0.15) is 0 Å². The average molecular weight is 212 g/mol. The van der Waals surface area contributed by atoms with Gasteiger partial charge in [0, 0.05) is 6.54 Å². The summed E-state index contributed by atoms with van der Waals surface area (Å²) in [4.78, 5) is 32.9. The standard InChI is InChI=1S/C10H16N2O3/c1-3-5-8(12-7-13)9(14)10(15)11-6-4-2/h4,7-8H,2-3,5-6H2,1H3,(H,11,15)(H,12,13). The quantitative estimate of drug-likeness (QED) is 0.331. The first-order valence-electron chi connectivity index (χ1n) is 4.80. The number of amides is 2. The van der Waals surface area contributed by atoms with E-state index in [1.807, 2.05) is 6.92 Å². The zero-order valence-corrected chi connectivity index (χ0v) is 8.79. The molecule has 0 fully saturated rings. The van der Waals surface area contributed by atoms with Gasteiger partial charge < -0.3 is 10.6 Å². The van der Waals surface area contributed by atoms with E-state index in [1.54, 1.807) is 0 Å². The molecule has 0 saturated heterocycles. The Bertz CT molecular complexity index is 251. The van der Waals surface area contributed by atoms with Gasteiger partial charge in [-0.05, 0) is 6.42 Å². The van der Waals surface area contributed by atoms with Crippen molar-refractivity contribution in [3.8, 4) is 0 Å². The lowest BCUT2D eigenvalue weighted by molar-refractivity contribution is -0.139. The van der Waals surface area contributed by atoms with Gasteiger partial charge in [0.25, 0.3) is 5.91 Å². The zero-order chi connectivity index (χ0) is 11.7. The SMILES string of the molecule is C=CCNC(=O)C(=O)C(CCC)NC=O. The lowest BCUT2D eigenvalue weighted by Crippen LogP contribution is -2.44. The third-order valence-corrected chi connectivity index (χ3v) is 1.79. The fourth-order valence-corrected chi connectivity index (χ4v) is 1.07. The van der Waals surface area contributed by atoms with E-state index in [-0.39, 0.29) is 6.54 Å². The van der Waals surface area contributed by atoms with Crippen LogP contribution in [-0.4, -0.2) is 30.7 Å². The topological polar surface area (TPSA) is 75.3 Å². The molecule has 5 heteroatoms. The molecule has 1 unspecified atom stereocenters. The highest BCUT2D eigenvalue weighted by Crippen LogP contribution is 1.97. The molecule has 0 aliphatic rings. The minimum atomic E-state index is -0.725. The van der Waals surface area contributed by atoms with Crippen LogP contribution in [0.3, 0.4) is 0 Å². The maximum Gasteiger partial charge on any atom is 0.289 e. The third kappa shape index (κ3) is 4.95. The van der Waals surface area contributed by atoms with Crippen LogP contribution in [0.4, 0.5) is 0 Å². The Morgan fingerprint density at radius 3 is 2.60 bits per heavy atom. The van der Waals surface area contributed by atoms with E-state index in [9.17, 15) is 14.4 Å². The second-order valence-corrected chi connectivity index (χ2v) is 2.99. The van der Waals surface area contributed by atoms with Crippen molar-refractivity contribution >= 4 is 18.1 Å². The third-order valence-electron chi connectivity index (χ3n) is 1.79. The summed E-state index contributed by atoms with van der Waals surface area (Å²) < 4.78 is 0. The van der Waals surface area contributed by atoms with E-state index in [2.05, 4.69) is 17.2 Å². The highest BCUT2D eigenvalue weighted by Gasteiger charge is 2.23. The van der Waals surface area contributed by atoms with Crippen LogP contribution in [0.15, 0.2) is 12.7 Å². The normalized spacial score (nSPS) is 11.3. The van der Waals surface area contributed by atoms with Gasteiger partial charge in [0.2, 0.25) is 12.2 Å². The summed E-state index contributed by atoms with van der Waals surface area (Å²) in [5.41, 5.74) is 0. The van der Waals surface area contributed by atoms with E-state index < -0.39 is 17.7 Å². The Balaban J connectivity index is 4.27. The smallest absolute Gasteiger partial charge is 0.289 e. The van der Waals surface area contributed by atoms with Gasteiger partial charge in [-0.25, -0.2) is 0 Å². The van der Waals surface area contributed by atoms with Crippen molar-refractivity contribution < 1.29 is 14.4 Å². The van der Waals surface area contributed by atoms with Crippen molar-refractivity contribution in [2.75, 3.05) is 6.54 Å². The fraction of sp³-hybridized carbons (Fsp3) is 0.500. The predicted octanol–water partition coefficient (Wildman–Crippen LogP) is -0.228. The Labute approximate surface area is 88.9 Å². The number of Topliss-reactive ketones (excluding diaryl/α,β-unsaturated/α-hetero) is 1. The van der Waals surface area contributed by atoms with E-state index in [0.717, 1.165) is 0 Å². The van der Waals surface area contributed by atoms with Gasteiger partial charge in [-0.1, -0.05) is 19.4 Å². The number of ketones is 1. The van der Waals surface area contributed by atoms with Crippen LogP contribution in [-0.2, 0) is 14.4 Å². The highest BCUT2D eigenvalue weighted by molar-refractivity contribution is 6.38. The first-order valence-corrected chi connectivity index (χ1v) is 4.80. The van der Waals surface area contributed by atoms with Crippen LogP contribution in [0.2, 0.25) is 0 Å². The molecule has 0 rings (SSSR count). The van der Waals surface area contributed by atoms with Crippen LogP contribution in [0, 0.1) is 0 Å². The summed E-state index contributed by atoms with van der Waals surface area (Å²) in [5, 5.41) is 4.69.